The number of hydrogen-bond acceptors (Lipinski definition) is 4. The van der Waals surface area contributed by atoms with Crippen LogP contribution in [0.3, 0.4) is 0 Å². The van der Waals surface area contributed by atoms with Crippen LogP contribution in [-0.2, 0) is 0 Å². The molecular weight excluding hydrogens is 226 g/mol. The van der Waals surface area contributed by atoms with E-state index in [1.54, 1.807) is 12.5 Å². The van der Waals surface area contributed by atoms with Crippen molar-refractivity contribution in [2.24, 2.45) is 0 Å². The molecule has 2 aromatic rings. The molecule has 0 atom stereocenters. The van der Waals surface area contributed by atoms with Crippen LogP contribution in [0.1, 0.15) is 30.4 Å². The maximum Gasteiger partial charge on any atom is 0.355 e. The first-order valence-corrected chi connectivity index (χ1v) is 5.68. The van der Waals surface area contributed by atoms with Crippen LogP contribution < -0.4 is 0 Å². The second kappa shape index (κ2) is 4.05. The Morgan fingerprint density at radius 2 is 2.31 bits per heavy atom. The van der Waals surface area contributed by atoms with Gasteiger partial charge >= 0.3 is 5.97 Å². The molecule has 0 amide bonds. The minimum absolute atomic E-state index is 0.0801. The van der Waals surface area contributed by atoms with Crippen molar-refractivity contribution in [1.29, 1.82) is 0 Å². The minimum atomic E-state index is -1.00. The van der Waals surface area contributed by atoms with Gasteiger partial charge in [-0.3, -0.25) is 0 Å². The maximum atomic E-state index is 10.7. The molecule has 1 N–H and O–H groups in total. The molecule has 0 aliphatic heterocycles. The van der Waals surface area contributed by atoms with Gasteiger partial charge in [0.15, 0.2) is 5.69 Å². The van der Waals surface area contributed by atoms with Gasteiger partial charge in [0.05, 0.1) is 18.2 Å². The van der Waals surface area contributed by atoms with Crippen molar-refractivity contribution in [2.45, 2.75) is 19.9 Å². The smallest absolute Gasteiger partial charge is 0.355 e. The number of rotatable bonds is 3. The van der Waals surface area contributed by atoms with Crippen LogP contribution in [0.15, 0.2) is 17.9 Å². The Bertz CT molecular complexity index is 516. The van der Waals surface area contributed by atoms with Crippen LogP contribution in [0, 0.1) is 0 Å². The summed E-state index contributed by atoms with van der Waals surface area (Å²) < 4.78 is 1.96. The van der Waals surface area contributed by atoms with Crippen LogP contribution in [0.2, 0.25) is 0 Å². The first-order valence-electron chi connectivity index (χ1n) is 4.80. The van der Waals surface area contributed by atoms with Crippen LogP contribution in [0.4, 0.5) is 0 Å². The number of aromatic nitrogens is 3. The summed E-state index contributed by atoms with van der Waals surface area (Å²) in [7, 11) is 0. The zero-order valence-corrected chi connectivity index (χ0v) is 9.73. The van der Waals surface area contributed by atoms with Crippen LogP contribution >= 0.6 is 11.3 Å². The zero-order valence-electron chi connectivity index (χ0n) is 8.91. The standard InChI is InChI=1S/C10H11N3O2S/c1-6(2)13-5-11-3-8(13)9-12-7(4-16-9)10(14)15/h3-6H,1-2H3,(H,14,15). The van der Waals surface area contributed by atoms with Crippen LogP contribution in [-0.4, -0.2) is 25.6 Å². The summed E-state index contributed by atoms with van der Waals surface area (Å²) in [4.78, 5) is 18.8. The molecule has 0 unspecified atom stereocenters. The van der Waals surface area contributed by atoms with Crippen molar-refractivity contribution in [2.75, 3.05) is 0 Å². The van der Waals surface area contributed by atoms with E-state index in [-0.39, 0.29) is 11.7 Å². The molecule has 2 rings (SSSR count). The highest BCUT2D eigenvalue weighted by Crippen LogP contribution is 2.25. The second-order valence-electron chi connectivity index (χ2n) is 3.62. The molecule has 2 heterocycles. The van der Waals surface area contributed by atoms with Crippen molar-refractivity contribution in [3.05, 3.63) is 23.6 Å². The van der Waals surface area contributed by atoms with Gasteiger partial charge in [-0.1, -0.05) is 0 Å². The van der Waals surface area contributed by atoms with Gasteiger partial charge in [0.2, 0.25) is 0 Å². The van der Waals surface area contributed by atoms with Gasteiger partial charge in [-0.05, 0) is 13.8 Å². The summed E-state index contributed by atoms with van der Waals surface area (Å²) in [6.45, 7) is 4.08. The molecule has 0 spiro atoms. The largest absolute Gasteiger partial charge is 0.476 e. The fraction of sp³-hybridized carbons (Fsp3) is 0.300. The maximum absolute atomic E-state index is 10.7. The first-order chi connectivity index (χ1) is 7.59. The number of nitrogens with zero attached hydrogens (tertiary/aromatic N) is 3. The van der Waals surface area contributed by atoms with E-state index in [9.17, 15) is 4.79 Å². The SMILES string of the molecule is CC(C)n1cncc1-c1nc(C(=O)O)cs1. The Morgan fingerprint density at radius 3 is 2.88 bits per heavy atom. The number of aromatic carboxylic acids is 1. The number of carboxylic acids is 1. The molecule has 16 heavy (non-hydrogen) atoms. The molecule has 84 valence electrons. The highest BCUT2D eigenvalue weighted by Gasteiger charge is 2.14. The van der Waals surface area contributed by atoms with Gasteiger partial charge in [-0.2, -0.15) is 0 Å². The predicted molar refractivity (Wildman–Crippen MR) is 60.7 cm³/mol. The van der Waals surface area contributed by atoms with Crippen molar-refractivity contribution < 1.29 is 9.90 Å². The Morgan fingerprint density at radius 1 is 1.56 bits per heavy atom. The quantitative estimate of drug-likeness (QED) is 0.889. The summed E-state index contributed by atoms with van der Waals surface area (Å²) in [6, 6.07) is 0.273. The summed E-state index contributed by atoms with van der Waals surface area (Å²) in [5.74, 6) is -1.00. The molecular formula is C10H11N3O2S. The summed E-state index contributed by atoms with van der Waals surface area (Å²) in [5.41, 5.74) is 0.934. The van der Waals surface area contributed by atoms with E-state index >= 15 is 0 Å². The molecule has 0 aromatic carbocycles. The summed E-state index contributed by atoms with van der Waals surface area (Å²) >= 11 is 1.31. The third-order valence-corrected chi connectivity index (χ3v) is 3.03. The Balaban J connectivity index is 2.42. The number of hydrogen-bond donors (Lipinski definition) is 1. The van der Waals surface area contributed by atoms with Gasteiger partial charge in [0.1, 0.15) is 5.01 Å². The van der Waals surface area contributed by atoms with Crippen molar-refractivity contribution in [1.82, 2.24) is 14.5 Å². The van der Waals surface area contributed by atoms with Crippen LogP contribution in [0.25, 0.3) is 10.7 Å². The molecule has 0 fully saturated rings. The van der Waals surface area contributed by atoms with Crippen LogP contribution in [0.5, 0.6) is 0 Å². The van der Waals surface area contributed by atoms with Gasteiger partial charge in [0, 0.05) is 11.4 Å². The minimum Gasteiger partial charge on any atom is -0.476 e. The molecule has 6 heteroatoms. The molecule has 0 aliphatic rings. The van der Waals surface area contributed by atoms with E-state index in [0.717, 1.165) is 5.69 Å². The van der Waals surface area contributed by atoms with E-state index in [4.69, 9.17) is 5.11 Å². The number of carboxylic acid groups (broad SMARTS) is 1. The fourth-order valence-corrected chi connectivity index (χ4v) is 2.18. The van der Waals surface area contributed by atoms with E-state index in [0.29, 0.717) is 5.01 Å². The molecule has 5 nitrogen and oxygen atoms in total. The highest BCUT2D eigenvalue weighted by molar-refractivity contribution is 7.13. The second-order valence-corrected chi connectivity index (χ2v) is 4.48. The summed E-state index contributed by atoms with van der Waals surface area (Å²) in [5, 5.41) is 11.0. The van der Waals surface area contributed by atoms with Crippen molar-refractivity contribution in [3.63, 3.8) is 0 Å². The zero-order chi connectivity index (χ0) is 11.7. The average Bonchev–Trinajstić information content (AvgIpc) is 2.86. The lowest BCUT2D eigenvalue weighted by molar-refractivity contribution is 0.0691. The third kappa shape index (κ3) is 1.83. The lowest BCUT2D eigenvalue weighted by Gasteiger charge is -2.09. The van der Waals surface area contributed by atoms with Gasteiger partial charge in [0.25, 0.3) is 0 Å². The van der Waals surface area contributed by atoms with E-state index < -0.39 is 5.97 Å². The van der Waals surface area contributed by atoms with E-state index in [1.807, 2.05) is 18.4 Å². The lowest BCUT2D eigenvalue weighted by atomic mass is 10.3. The molecule has 2 aromatic heterocycles. The Labute approximate surface area is 96.4 Å². The van der Waals surface area contributed by atoms with E-state index in [2.05, 4.69) is 9.97 Å². The number of carbonyl (C=O) groups is 1. The van der Waals surface area contributed by atoms with Crippen molar-refractivity contribution in [3.8, 4) is 10.7 Å². The monoisotopic (exact) mass is 237 g/mol. The molecule has 0 saturated carbocycles. The molecule has 0 bridgehead atoms. The number of thiazole rings is 1. The topological polar surface area (TPSA) is 68.0 Å². The fourth-order valence-electron chi connectivity index (χ4n) is 1.37. The van der Waals surface area contributed by atoms with Gasteiger partial charge in [-0.15, -0.1) is 11.3 Å². The predicted octanol–water partition coefficient (Wildman–Crippen LogP) is 2.29. The number of imidazole rings is 1. The third-order valence-electron chi connectivity index (χ3n) is 2.16. The Kier molecular flexibility index (Phi) is 2.74. The molecule has 0 aliphatic carbocycles. The lowest BCUT2D eigenvalue weighted by Crippen LogP contribution is -2.01. The Hall–Kier alpha value is -1.69. The van der Waals surface area contributed by atoms with Crippen molar-refractivity contribution >= 4 is 17.3 Å². The highest BCUT2D eigenvalue weighted by atomic mass is 32.1. The molecule has 0 radical (unpaired) electrons. The summed E-state index contributed by atoms with van der Waals surface area (Å²) in [6.07, 6.45) is 3.42. The normalized spacial score (nSPS) is 10.9. The van der Waals surface area contributed by atoms with E-state index in [1.165, 1.54) is 16.7 Å². The van der Waals surface area contributed by atoms with Gasteiger partial charge < -0.3 is 9.67 Å². The average molecular weight is 237 g/mol. The van der Waals surface area contributed by atoms with Gasteiger partial charge in [-0.25, -0.2) is 14.8 Å². The first kappa shape index (κ1) is 10.8. The molecule has 0 saturated heterocycles.